The van der Waals surface area contributed by atoms with E-state index in [2.05, 4.69) is 60.7 Å². The molecule has 2 aliphatic heterocycles. The van der Waals surface area contributed by atoms with E-state index < -0.39 is 11.4 Å². The first kappa shape index (κ1) is 47.6. The van der Waals surface area contributed by atoms with Gasteiger partial charge >= 0.3 is 5.51 Å². The standard InChI is InChI=1S/C46H51ClF3N7O3S2.C2H6/c1-45(2)13-11-38(31-3-5-34(47)6-4-31)33(28-45)30-56-17-19-57(20-18-56)35-7-9-39(41(26-35)60-36-25-32-12-14-52-43(32)53-29-36)44(58)54-62-37-8-10-40(42(27-37)61-46(48,49)50)51-15-16-55-21-23-59-24-22-55;1-2/h3-10,12,14,25-27,29,51H,11,13,15-24,28,30H2,1-2H3,(H,52,53)(H,54,58);1-2H3. The molecule has 1 aliphatic carbocycles. The van der Waals surface area contributed by atoms with Crippen LogP contribution >= 0.6 is 35.3 Å². The van der Waals surface area contributed by atoms with Gasteiger partial charge in [0.2, 0.25) is 0 Å². The summed E-state index contributed by atoms with van der Waals surface area (Å²) in [5.74, 6) is 0.358. The highest BCUT2D eigenvalue weighted by molar-refractivity contribution is 8.00. The van der Waals surface area contributed by atoms with Gasteiger partial charge in [-0.2, -0.15) is 13.2 Å². The number of morpholine rings is 1. The number of halogens is 4. The van der Waals surface area contributed by atoms with E-state index in [0.29, 0.717) is 54.0 Å². The van der Waals surface area contributed by atoms with Crippen LogP contribution in [0.25, 0.3) is 16.6 Å². The molecule has 2 aromatic heterocycles. The Morgan fingerprint density at radius 2 is 1.72 bits per heavy atom. The summed E-state index contributed by atoms with van der Waals surface area (Å²) in [5.41, 5.74) is 2.25. The minimum absolute atomic E-state index is 0.0288. The number of H-pyrrole nitrogens is 1. The summed E-state index contributed by atoms with van der Waals surface area (Å²) in [6.45, 7) is 17.0. The number of amides is 1. The van der Waals surface area contributed by atoms with Crippen molar-refractivity contribution in [3.63, 3.8) is 0 Å². The Hall–Kier alpha value is -4.38. The van der Waals surface area contributed by atoms with Crippen LogP contribution in [0.3, 0.4) is 0 Å². The van der Waals surface area contributed by atoms with Crippen LogP contribution in [-0.2, 0) is 4.74 Å². The van der Waals surface area contributed by atoms with Gasteiger partial charge in [0, 0.05) is 103 Å². The molecule has 2 saturated heterocycles. The summed E-state index contributed by atoms with van der Waals surface area (Å²) < 4.78 is 55.7. The number of hydrogen-bond acceptors (Lipinski definition) is 10. The number of aromatic amines is 1. The fourth-order valence-corrected chi connectivity index (χ4v) is 9.85. The number of benzene rings is 3. The van der Waals surface area contributed by atoms with Crippen molar-refractivity contribution >= 4 is 69.2 Å². The summed E-state index contributed by atoms with van der Waals surface area (Å²) in [6.07, 6.45) is 6.67. The van der Waals surface area contributed by atoms with E-state index in [1.807, 2.05) is 50.2 Å². The number of nitrogens with one attached hydrogen (secondary N) is 3. The second-order valence-corrected chi connectivity index (χ2v) is 19.1. The smallest absolute Gasteiger partial charge is 0.446 e. The zero-order valence-corrected chi connectivity index (χ0v) is 39.2. The molecule has 2 fully saturated rings. The first-order chi connectivity index (χ1) is 30.8. The van der Waals surface area contributed by atoms with Crippen LogP contribution in [0.1, 0.15) is 62.9 Å². The predicted molar refractivity (Wildman–Crippen MR) is 256 cm³/mol. The molecule has 3 aliphatic rings. The molecule has 3 aromatic carbocycles. The van der Waals surface area contributed by atoms with Crippen molar-refractivity contribution in [1.29, 1.82) is 0 Å². The SMILES string of the molecule is CC.CC1(C)CCC(c2ccc(Cl)cc2)=C(CN2CCN(c3ccc(C(=O)NSc4ccc(NCCN5CCOCC5)c(SC(F)(F)F)c4)c(Oc4cnc5[nH]ccc5c4)c3)CC2)C1. The number of piperazine rings is 1. The predicted octanol–water partition coefficient (Wildman–Crippen LogP) is 11.6. The minimum Gasteiger partial charge on any atom is -0.455 e. The van der Waals surface area contributed by atoms with Gasteiger partial charge in [0.05, 0.1) is 25.0 Å². The Morgan fingerprint density at radius 3 is 2.47 bits per heavy atom. The van der Waals surface area contributed by atoms with Crippen LogP contribution < -0.4 is 19.7 Å². The number of anilines is 2. The third-order valence-corrected chi connectivity index (χ3v) is 13.4. The van der Waals surface area contributed by atoms with Gasteiger partial charge in [0.1, 0.15) is 17.1 Å². The van der Waals surface area contributed by atoms with E-state index in [1.165, 1.54) is 22.8 Å². The number of carbonyl (C=O) groups is 1. The van der Waals surface area contributed by atoms with E-state index in [0.717, 1.165) is 93.1 Å². The van der Waals surface area contributed by atoms with Gasteiger partial charge in [-0.15, -0.1) is 0 Å². The van der Waals surface area contributed by atoms with Crippen LogP contribution in [-0.4, -0.2) is 103 Å². The fourth-order valence-electron chi connectivity index (χ4n) is 8.34. The van der Waals surface area contributed by atoms with Gasteiger partial charge in [-0.05, 0) is 114 Å². The Morgan fingerprint density at radius 1 is 0.953 bits per heavy atom. The number of nitrogens with zero attached hydrogens (tertiary/aromatic N) is 4. The molecule has 0 unspecified atom stereocenters. The fraction of sp³-hybridized carbons (Fsp3) is 0.417. The summed E-state index contributed by atoms with van der Waals surface area (Å²) in [5, 5.41) is 4.77. The van der Waals surface area contributed by atoms with Gasteiger partial charge < -0.3 is 24.7 Å². The second-order valence-electron chi connectivity index (χ2n) is 16.7. The normalized spacial score (nSPS) is 17.2. The number of aromatic nitrogens is 2. The number of pyridine rings is 1. The molecule has 3 N–H and O–H groups in total. The monoisotopic (exact) mass is 935 g/mol. The molecule has 342 valence electrons. The molecule has 0 radical (unpaired) electrons. The maximum atomic E-state index is 13.9. The van der Waals surface area contributed by atoms with Crippen LogP contribution in [0.4, 0.5) is 24.5 Å². The van der Waals surface area contributed by atoms with E-state index in [9.17, 15) is 18.0 Å². The average molecular weight is 937 g/mol. The minimum atomic E-state index is -4.49. The molecule has 1 amide bonds. The second kappa shape index (κ2) is 21.7. The number of carbonyl (C=O) groups excluding carboxylic acids is 1. The number of allylic oxidation sites excluding steroid dienone is 1. The lowest BCUT2D eigenvalue weighted by atomic mass is 9.73. The number of alkyl halides is 3. The van der Waals surface area contributed by atoms with Gasteiger partial charge in [-0.3, -0.25) is 19.3 Å². The molecule has 8 rings (SSSR count). The van der Waals surface area contributed by atoms with Crippen LogP contribution in [0.5, 0.6) is 11.5 Å². The van der Waals surface area contributed by atoms with Crippen molar-refractivity contribution in [3.05, 3.63) is 107 Å². The quantitative estimate of drug-likeness (QED) is 0.0738. The summed E-state index contributed by atoms with van der Waals surface area (Å²) in [7, 11) is 0. The first-order valence-electron chi connectivity index (χ1n) is 21.9. The van der Waals surface area contributed by atoms with Crippen molar-refractivity contribution in [2.45, 2.75) is 62.3 Å². The lowest BCUT2D eigenvalue weighted by Gasteiger charge is -2.39. The molecule has 4 heterocycles. The Labute approximate surface area is 387 Å². The van der Waals surface area contributed by atoms with Gasteiger partial charge in [0.25, 0.3) is 5.91 Å². The summed E-state index contributed by atoms with van der Waals surface area (Å²) in [4.78, 5) is 29.0. The molecule has 10 nitrogen and oxygen atoms in total. The molecular weight excluding hydrogens is 879 g/mol. The van der Waals surface area contributed by atoms with Crippen molar-refractivity contribution in [1.82, 2.24) is 24.5 Å². The molecular formula is C48H57ClF3N7O3S2. The van der Waals surface area contributed by atoms with E-state index in [1.54, 1.807) is 30.6 Å². The van der Waals surface area contributed by atoms with E-state index in [-0.39, 0.29) is 27.6 Å². The van der Waals surface area contributed by atoms with Crippen LogP contribution in [0.15, 0.2) is 101 Å². The molecule has 0 bridgehead atoms. The van der Waals surface area contributed by atoms with Gasteiger partial charge in [-0.1, -0.05) is 57.0 Å². The van der Waals surface area contributed by atoms with E-state index >= 15 is 0 Å². The maximum absolute atomic E-state index is 13.9. The highest BCUT2D eigenvalue weighted by Gasteiger charge is 2.32. The molecule has 0 spiro atoms. The number of hydrogen-bond donors (Lipinski definition) is 3. The zero-order valence-electron chi connectivity index (χ0n) is 36.8. The lowest BCUT2D eigenvalue weighted by molar-refractivity contribution is -0.0328. The first-order valence-corrected chi connectivity index (χ1v) is 24.0. The average Bonchev–Trinajstić information content (AvgIpc) is 3.75. The van der Waals surface area contributed by atoms with Gasteiger partial charge in [0.15, 0.2) is 0 Å². The van der Waals surface area contributed by atoms with Crippen LogP contribution in [0, 0.1) is 5.41 Å². The third-order valence-electron chi connectivity index (χ3n) is 11.6. The molecule has 16 heteroatoms. The number of thioether (sulfide) groups is 1. The summed E-state index contributed by atoms with van der Waals surface area (Å²) >= 11 is 7.01. The molecule has 0 saturated carbocycles. The Bertz CT molecular complexity index is 2380. The topological polar surface area (TPSA) is 98.0 Å². The number of rotatable bonds is 14. The molecule has 0 atom stereocenters. The highest BCUT2D eigenvalue weighted by atomic mass is 35.5. The zero-order chi connectivity index (χ0) is 45.3. The van der Waals surface area contributed by atoms with Crippen molar-refractivity contribution < 1.29 is 27.4 Å². The highest BCUT2D eigenvalue weighted by Crippen LogP contribution is 2.44. The van der Waals surface area contributed by atoms with Crippen LogP contribution in [0.2, 0.25) is 5.02 Å². The van der Waals surface area contributed by atoms with E-state index in [4.69, 9.17) is 21.1 Å². The third kappa shape index (κ3) is 12.9. The number of ether oxygens (including phenoxy) is 2. The van der Waals surface area contributed by atoms with Crippen molar-refractivity contribution in [3.8, 4) is 11.5 Å². The molecule has 5 aromatic rings. The van der Waals surface area contributed by atoms with Gasteiger partial charge in [-0.25, -0.2) is 4.98 Å². The summed E-state index contributed by atoms with van der Waals surface area (Å²) in [6, 6.07) is 22.3. The Balaban J connectivity index is 0.00000302. The molecule has 64 heavy (non-hydrogen) atoms. The van der Waals surface area contributed by atoms with Crippen molar-refractivity contribution in [2.24, 2.45) is 5.41 Å². The maximum Gasteiger partial charge on any atom is 0.446 e. The van der Waals surface area contributed by atoms with Crippen molar-refractivity contribution in [2.75, 3.05) is 82.3 Å². The largest absolute Gasteiger partial charge is 0.455 e. The number of fused-ring (bicyclic) bond motifs is 1. The Kier molecular flexibility index (Phi) is 16.2. The lowest BCUT2D eigenvalue weighted by Crippen LogP contribution is -2.47.